The molecule has 3 aromatic rings. The predicted octanol–water partition coefficient (Wildman–Crippen LogP) is 9.06. The Balaban J connectivity index is 1.73. The van der Waals surface area contributed by atoms with Crippen LogP contribution in [-0.4, -0.2) is 0 Å². The molecular weight excluding hydrogens is 398 g/mol. The second-order valence-electron chi connectivity index (χ2n) is 8.22. The Morgan fingerprint density at radius 3 is 2.30 bits per heavy atom. The van der Waals surface area contributed by atoms with E-state index in [1.807, 2.05) is 18.2 Å². The molecule has 1 aliphatic carbocycles. The van der Waals surface area contributed by atoms with Crippen molar-refractivity contribution in [3.8, 4) is 11.1 Å². The van der Waals surface area contributed by atoms with Crippen molar-refractivity contribution in [1.82, 2.24) is 0 Å². The van der Waals surface area contributed by atoms with Gasteiger partial charge in [0.2, 0.25) is 0 Å². The van der Waals surface area contributed by atoms with Gasteiger partial charge >= 0.3 is 0 Å². The van der Waals surface area contributed by atoms with E-state index in [9.17, 15) is 0 Å². The van der Waals surface area contributed by atoms with Gasteiger partial charge in [-0.1, -0.05) is 109 Å². The fourth-order valence-corrected chi connectivity index (χ4v) is 3.81. The zero-order chi connectivity index (χ0) is 23.0. The Kier molecular flexibility index (Phi) is 7.02. The first-order valence-electron chi connectivity index (χ1n) is 11.2. The molecule has 0 aliphatic heterocycles. The largest absolute Gasteiger partial charge is 0.355 e. The number of para-hydroxylation sites is 2. The van der Waals surface area contributed by atoms with Crippen LogP contribution in [-0.2, 0) is 0 Å². The molecule has 3 aromatic carbocycles. The third-order valence-electron chi connectivity index (χ3n) is 5.62. The van der Waals surface area contributed by atoms with Gasteiger partial charge in [0.15, 0.2) is 0 Å². The maximum Gasteiger partial charge on any atom is 0.0463 e. The summed E-state index contributed by atoms with van der Waals surface area (Å²) in [7, 11) is 0. The zero-order valence-corrected chi connectivity index (χ0v) is 19.3. The van der Waals surface area contributed by atoms with Crippen LogP contribution in [0.25, 0.3) is 16.7 Å². The quantitative estimate of drug-likeness (QED) is 0.438. The molecule has 4 rings (SSSR count). The van der Waals surface area contributed by atoms with Crippen molar-refractivity contribution in [2.45, 2.75) is 13.8 Å². The van der Waals surface area contributed by atoms with Crippen molar-refractivity contribution in [3.05, 3.63) is 150 Å². The van der Waals surface area contributed by atoms with Crippen molar-refractivity contribution >= 4 is 16.9 Å². The van der Waals surface area contributed by atoms with Crippen LogP contribution in [0.3, 0.4) is 0 Å². The van der Waals surface area contributed by atoms with Crippen LogP contribution in [0, 0.1) is 0 Å². The minimum absolute atomic E-state index is 1.03. The van der Waals surface area contributed by atoms with Crippen LogP contribution in [0.5, 0.6) is 0 Å². The fraction of sp³-hybridized carbons (Fsp3) is 0.0625. The summed E-state index contributed by atoms with van der Waals surface area (Å²) in [6, 6.07) is 27.4. The number of rotatable bonds is 4. The summed E-state index contributed by atoms with van der Waals surface area (Å²) in [5.41, 5.74) is 10.2. The van der Waals surface area contributed by atoms with E-state index in [1.165, 1.54) is 22.3 Å². The molecule has 0 radical (unpaired) electrons. The highest BCUT2D eigenvalue weighted by Gasteiger charge is 2.08. The molecule has 1 heteroatoms. The van der Waals surface area contributed by atoms with Gasteiger partial charge in [-0.3, -0.25) is 0 Å². The second-order valence-corrected chi connectivity index (χ2v) is 8.22. The van der Waals surface area contributed by atoms with E-state index in [-0.39, 0.29) is 0 Å². The number of benzene rings is 3. The summed E-state index contributed by atoms with van der Waals surface area (Å²) in [5.74, 6) is 0. The summed E-state index contributed by atoms with van der Waals surface area (Å²) >= 11 is 0. The van der Waals surface area contributed by atoms with E-state index < -0.39 is 0 Å². The van der Waals surface area contributed by atoms with Crippen LogP contribution in [0.1, 0.15) is 19.4 Å². The fourth-order valence-electron chi connectivity index (χ4n) is 3.81. The SMILES string of the molecule is C=C1\C=C(C)/C=C\C=C/C=C(/c2cccc(-c3ccccc3Nc3ccccc3)c2)C=C1C. The Bertz CT molecular complexity index is 1300. The topological polar surface area (TPSA) is 12.0 Å². The summed E-state index contributed by atoms with van der Waals surface area (Å²) in [6.07, 6.45) is 14.8. The number of hydrogen-bond acceptors (Lipinski definition) is 1. The Labute approximate surface area is 197 Å². The average Bonchev–Trinajstić information content (AvgIpc) is 2.86. The molecule has 0 saturated carbocycles. The third kappa shape index (κ3) is 5.78. The first kappa shape index (κ1) is 22.1. The number of hydrogen-bond donors (Lipinski definition) is 1. The smallest absolute Gasteiger partial charge is 0.0463 e. The minimum Gasteiger partial charge on any atom is -0.355 e. The van der Waals surface area contributed by atoms with Gasteiger partial charge in [0, 0.05) is 16.9 Å². The molecule has 0 aromatic heterocycles. The van der Waals surface area contributed by atoms with Gasteiger partial charge in [0.05, 0.1) is 0 Å². The second kappa shape index (κ2) is 10.5. The van der Waals surface area contributed by atoms with E-state index in [0.717, 1.165) is 28.1 Å². The van der Waals surface area contributed by atoms with Gasteiger partial charge in [0.25, 0.3) is 0 Å². The average molecular weight is 428 g/mol. The van der Waals surface area contributed by atoms with Crippen LogP contribution in [0.15, 0.2) is 145 Å². The maximum absolute atomic E-state index is 4.26. The maximum atomic E-state index is 4.26. The zero-order valence-electron chi connectivity index (χ0n) is 19.3. The van der Waals surface area contributed by atoms with Crippen LogP contribution in [0.2, 0.25) is 0 Å². The highest BCUT2D eigenvalue weighted by molar-refractivity contribution is 5.85. The highest BCUT2D eigenvalue weighted by atomic mass is 14.9. The van der Waals surface area contributed by atoms with Crippen molar-refractivity contribution in [1.29, 1.82) is 0 Å². The molecule has 0 spiro atoms. The number of allylic oxidation sites excluding steroid dienone is 11. The van der Waals surface area contributed by atoms with E-state index in [0.29, 0.717) is 0 Å². The molecular formula is C32H29N. The van der Waals surface area contributed by atoms with E-state index in [2.05, 4.69) is 129 Å². The molecule has 0 unspecified atom stereocenters. The van der Waals surface area contributed by atoms with Crippen LogP contribution in [0.4, 0.5) is 11.4 Å². The van der Waals surface area contributed by atoms with E-state index in [1.54, 1.807) is 0 Å². The molecule has 0 atom stereocenters. The summed E-state index contributed by atoms with van der Waals surface area (Å²) < 4.78 is 0. The highest BCUT2D eigenvalue weighted by Crippen LogP contribution is 2.32. The summed E-state index contributed by atoms with van der Waals surface area (Å²) in [6.45, 7) is 8.48. The van der Waals surface area contributed by atoms with Crippen molar-refractivity contribution < 1.29 is 0 Å². The molecule has 0 fully saturated rings. The first-order chi connectivity index (χ1) is 16.1. The standard InChI is InChI=1S/C32H29N/c1-24-13-6-4-7-14-27(22-26(3)25(2)21-24)28-15-12-16-29(23-28)31-19-10-11-20-32(31)33-30-17-8-5-9-18-30/h4-23,33H,2H2,1,3H3/b7-4-,13-6-,24-21-,26-22?,27-14+. The lowest BCUT2D eigenvalue weighted by molar-refractivity contribution is 1.40. The minimum atomic E-state index is 1.03. The van der Waals surface area contributed by atoms with Crippen molar-refractivity contribution in [2.24, 2.45) is 0 Å². The monoisotopic (exact) mass is 427 g/mol. The van der Waals surface area contributed by atoms with Crippen LogP contribution < -0.4 is 5.32 Å². The lowest BCUT2D eigenvalue weighted by Crippen LogP contribution is -1.93. The van der Waals surface area contributed by atoms with Crippen LogP contribution >= 0.6 is 0 Å². The normalized spacial score (nSPS) is 19.2. The number of nitrogens with one attached hydrogen (secondary N) is 1. The molecule has 1 nitrogen and oxygen atoms in total. The van der Waals surface area contributed by atoms with Gasteiger partial charge in [-0.2, -0.15) is 0 Å². The van der Waals surface area contributed by atoms with Gasteiger partial charge < -0.3 is 5.32 Å². The Morgan fingerprint density at radius 1 is 0.697 bits per heavy atom. The van der Waals surface area contributed by atoms with Gasteiger partial charge in [-0.15, -0.1) is 0 Å². The number of anilines is 2. The Hall–Kier alpha value is -4.10. The van der Waals surface area contributed by atoms with Gasteiger partial charge in [0.1, 0.15) is 0 Å². The third-order valence-corrected chi connectivity index (χ3v) is 5.62. The summed E-state index contributed by atoms with van der Waals surface area (Å²) in [5, 5.41) is 3.56. The molecule has 0 saturated heterocycles. The van der Waals surface area contributed by atoms with E-state index >= 15 is 0 Å². The van der Waals surface area contributed by atoms with Crippen molar-refractivity contribution in [3.63, 3.8) is 0 Å². The molecule has 1 aliphatic rings. The molecule has 33 heavy (non-hydrogen) atoms. The van der Waals surface area contributed by atoms with Gasteiger partial charge in [-0.05, 0) is 66.0 Å². The van der Waals surface area contributed by atoms with Crippen molar-refractivity contribution in [2.75, 3.05) is 5.32 Å². The molecule has 0 amide bonds. The molecule has 0 bridgehead atoms. The van der Waals surface area contributed by atoms with Gasteiger partial charge in [-0.25, -0.2) is 0 Å². The summed E-state index contributed by atoms with van der Waals surface area (Å²) in [4.78, 5) is 0. The molecule has 0 heterocycles. The predicted molar refractivity (Wildman–Crippen MR) is 145 cm³/mol. The first-order valence-corrected chi connectivity index (χ1v) is 11.2. The lowest BCUT2D eigenvalue weighted by atomic mass is 9.95. The lowest BCUT2D eigenvalue weighted by Gasteiger charge is -2.14. The Morgan fingerprint density at radius 2 is 1.45 bits per heavy atom. The molecule has 1 N–H and O–H groups in total. The van der Waals surface area contributed by atoms with E-state index in [4.69, 9.17) is 0 Å². The molecule has 162 valence electrons.